The molecule has 10 atom stereocenters. The van der Waals surface area contributed by atoms with E-state index in [1.807, 2.05) is 19.9 Å². The lowest BCUT2D eigenvalue weighted by Crippen LogP contribution is -2.62. The molecule has 4 unspecified atom stereocenters. The van der Waals surface area contributed by atoms with Crippen molar-refractivity contribution in [2.45, 2.75) is 95.0 Å². The molecule has 0 radical (unpaired) electrons. The number of carbonyl (C=O) groups excluding carboxylic acids is 1. The first kappa shape index (κ1) is 31.4. The number of rotatable bonds is 7. The molecule has 2 aromatic rings. The van der Waals surface area contributed by atoms with Crippen molar-refractivity contribution in [1.82, 2.24) is 0 Å². The molecule has 3 aliphatic heterocycles. The van der Waals surface area contributed by atoms with Gasteiger partial charge in [-0.15, -0.1) is 0 Å². The molecule has 2 saturated heterocycles. The molecule has 0 saturated carbocycles. The first-order valence-corrected chi connectivity index (χ1v) is 14.2. The van der Waals surface area contributed by atoms with E-state index >= 15 is 0 Å². The number of carbonyl (C=O) groups is 1. The standard InChI is InChI=1S/C31H38O12/c1-14(2)4-5-17-8-11-21-23(25(17)35)19(32)12-22(42-21)16-6-9-18(10-7-16)41-31-29(27(37)24(34)15(3)40-31)43-30-28(38)26(36)20(33)13-39-30/h4,6-11,15,20,22,24,26-31,33-38H,5,12-13H2,1-3H3/t15?,20-,22?,24+,26+,27?,28?,29+,30+,31+/m1/s1. The maximum atomic E-state index is 13.0. The highest BCUT2D eigenvalue weighted by Crippen LogP contribution is 2.41. The molecule has 2 fully saturated rings. The Labute approximate surface area is 248 Å². The molecule has 12 heteroatoms. The minimum atomic E-state index is -1.62. The Kier molecular flexibility index (Phi) is 9.40. The molecular formula is C31H38O12. The number of aromatic hydroxyl groups is 1. The van der Waals surface area contributed by atoms with Gasteiger partial charge in [-0.05, 0) is 56.5 Å². The number of aliphatic hydroxyl groups excluding tert-OH is 5. The van der Waals surface area contributed by atoms with Crippen LogP contribution in [0.15, 0.2) is 48.0 Å². The van der Waals surface area contributed by atoms with Crippen molar-refractivity contribution in [2.75, 3.05) is 6.61 Å². The van der Waals surface area contributed by atoms with Gasteiger partial charge in [-0.25, -0.2) is 0 Å². The molecule has 6 N–H and O–H groups in total. The Morgan fingerprint density at radius 3 is 2.37 bits per heavy atom. The number of hydrogen-bond donors (Lipinski definition) is 6. The second-order valence-corrected chi connectivity index (χ2v) is 11.4. The summed E-state index contributed by atoms with van der Waals surface area (Å²) in [6, 6.07) is 10.1. The second kappa shape index (κ2) is 12.9. The van der Waals surface area contributed by atoms with E-state index in [9.17, 15) is 35.4 Å². The van der Waals surface area contributed by atoms with Gasteiger partial charge in [0.2, 0.25) is 6.29 Å². The molecule has 5 rings (SSSR count). The Morgan fingerprint density at radius 2 is 1.67 bits per heavy atom. The highest BCUT2D eigenvalue weighted by Gasteiger charge is 2.49. The van der Waals surface area contributed by atoms with Gasteiger partial charge in [0.05, 0.1) is 19.1 Å². The molecular weight excluding hydrogens is 564 g/mol. The molecule has 0 aliphatic carbocycles. The number of phenols is 1. The average molecular weight is 603 g/mol. The fraction of sp³-hybridized carbons (Fsp3) is 0.516. The number of ketones is 1. The van der Waals surface area contributed by atoms with Crippen molar-refractivity contribution >= 4 is 5.78 Å². The number of Topliss-reactive ketones (excluding diaryl/α,β-unsaturated/α-hetero) is 1. The number of allylic oxidation sites excluding steroid dienone is 2. The molecule has 3 aliphatic rings. The van der Waals surface area contributed by atoms with E-state index < -0.39 is 61.4 Å². The lowest BCUT2D eigenvalue weighted by atomic mass is 9.93. The number of phenolic OH excluding ortho intramolecular Hbond substituents is 1. The molecule has 12 nitrogen and oxygen atoms in total. The predicted octanol–water partition coefficient (Wildman–Crippen LogP) is 1.28. The third kappa shape index (κ3) is 6.56. The van der Waals surface area contributed by atoms with E-state index in [1.54, 1.807) is 43.3 Å². The van der Waals surface area contributed by atoms with E-state index in [0.717, 1.165) is 5.57 Å². The van der Waals surface area contributed by atoms with Crippen LogP contribution in [0.3, 0.4) is 0 Å². The van der Waals surface area contributed by atoms with Crippen molar-refractivity contribution in [3.63, 3.8) is 0 Å². The fourth-order valence-corrected chi connectivity index (χ4v) is 5.30. The summed E-state index contributed by atoms with van der Waals surface area (Å²) in [5.41, 5.74) is 2.62. The van der Waals surface area contributed by atoms with Crippen LogP contribution in [0.2, 0.25) is 0 Å². The normalized spacial score (nSPS) is 34.2. The Morgan fingerprint density at radius 1 is 0.953 bits per heavy atom. The molecule has 2 aromatic carbocycles. The van der Waals surface area contributed by atoms with Crippen molar-refractivity contribution in [1.29, 1.82) is 0 Å². The van der Waals surface area contributed by atoms with Crippen LogP contribution in [0.1, 0.15) is 54.8 Å². The average Bonchev–Trinajstić information content (AvgIpc) is 2.97. The van der Waals surface area contributed by atoms with Gasteiger partial charge in [-0.1, -0.05) is 29.8 Å². The smallest absolute Gasteiger partial charge is 0.229 e. The Balaban J connectivity index is 1.29. The summed E-state index contributed by atoms with van der Waals surface area (Å²) in [7, 11) is 0. The summed E-state index contributed by atoms with van der Waals surface area (Å²) < 4.78 is 28.8. The summed E-state index contributed by atoms with van der Waals surface area (Å²) >= 11 is 0. The SMILES string of the molecule is CC(C)=CCc1ccc2c(c1O)C(=O)CC(c1ccc(O[C@@H]3OC(C)[C@H](O)C(O)[C@@H]3O[C@@H]3OC[C@@H](O)[C@H](O)C3O)cc1)O2. The number of ether oxygens (including phenoxy) is 5. The predicted molar refractivity (Wildman–Crippen MR) is 150 cm³/mol. The summed E-state index contributed by atoms with van der Waals surface area (Å²) in [6.45, 7) is 5.16. The van der Waals surface area contributed by atoms with Crippen LogP contribution < -0.4 is 9.47 Å². The number of aliphatic hydroxyl groups is 5. The van der Waals surface area contributed by atoms with Crippen molar-refractivity contribution in [2.24, 2.45) is 0 Å². The Bertz CT molecular complexity index is 1320. The molecule has 3 heterocycles. The molecule has 0 bridgehead atoms. The summed E-state index contributed by atoms with van der Waals surface area (Å²) in [4.78, 5) is 13.0. The molecule has 0 amide bonds. The van der Waals surface area contributed by atoms with E-state index in [2.05, 4.69) is 0 Å². The molecule has 43 heavy (non-hydrogen) atoms. The van der Waals surface area contributed by atoms with Gasteiger partial charge >= 0.3 is 0 Å². The Hall–Kier alpha value is -3.07. The molecule has 0 spiro atoms. The van der Waals surface area contributed by atoms with E-state index in [0.29, 0.717) is 29.0 Å². The van der Waals surface area contributed by atoms with Crippen LogP contribution in [0.25, 0.3) is 0 Å². The summed E-state index contributed by atoms with van der Waals surface area (Å²) in [6.07, 6.45) is -10.2. The van der Waals surface area contributed by atoms with E-state index in [1.165, 1.54) is 0 Å². The van der Waals surface area contributed by atoms with Crippen LogP contribution in [0.5, 0.6) is 17.2 Å². The zero-order valence-electron chi connectivity index (χ0n) is 24.1. The van der Waals surface area contributed by atoms with Crippen molar-refractivity contribution in [3.8, 4) is 17.2 Å². The van der Waals surface area contributed by atoms with Crippen LogP contribution in [0, 0.1) is 0 Å². The second-order valence-electron chi connectivity index (χ2n) is 11.4. The van der Waals surface area contributed by atoms with Gasteiger partial charge in [0.1, 0.15) is 59.4 Å². The van der Waals surface area contributed by atoms with Crippen LogP contribution in [-0.4, -0.2) is 98.3 Å². The van der Waals surface area contributed by atoms with Crippen molar-refractivity contribution in [3.05, 3.63) is 64.7 Å². The highest BCUT2D eigenvalue weighted by atomic mass is 16.7. The van der Waals surface area contributed by atoms with Gasteiger partial charge in [0, 0.05) is 0 Å². The first-order valence-electron chi connectivity index (χ1n) is 14.2. The zero-order valence-corrected chi connectivity index (χ0v) is 24.1. The third-order valence-electron chi connectivity index (χ3n) is 7.91. The van der Waals surface area contributed by atoms with Crippen molar-refractivity contribution < 1.29 is 59.1 Å². The quantitative estimate of drug-likeness (QED) is 0.250. The summed E-state index contributed by atoms with van der Waals surface area (Å²) in [5.74, 6) is 0.319. The monoisotopic (exact) mass is 602 g/mol. The lowest BCUT2D eigenvalue weighted by Gasteiger charge is -2.44. The summed E-state index contributed by atoms with van der Waals surface area (Å²) in [5, 5.41) is 61.9. The van der Waals surface area contributed by atoms with Gasteiger partial charge in [0.15, 0.2) is 18.2 Å². The topological polar surface area (TPSA) is 185 Å². The third-order valence-corrected chi connectivity index (χ3v) is 7.91. The van der Waals surface area contributed by atoms with Gasteiger partial charge in [-0.3, -0.25) is 4.79 Å². The zero-order chi connectivity index (χ0) is 31.0. The van der Waals surface area contributed by atoms with Gasteiger partial charge in [-0.2, -0.15) is 0 Å². The minimum Gasteiger partial charge on any atom is -0.507 e. The largest absolute Gasteiger partial charge is 0.507 e. The minimum absolute atomic E-state index is 0.0281. The number of benzene rings is 2. The van der Waals surface area contributed by atoms with Gasteiger partial charge < -0.3 is 54.3 Å². The lowest BCUT2D eigenvalue weighted by molar-refractivity contribution is -0.341. The van der Waals surface area contributed by atoms with Crippen LogP contribution >= 0.6 is 0 Å². The number of fused-ring (bicyclic) bond motifs is 1. The fourth-order valence-electron chi connectivity index (χ4n) is 5.30. The van der Waals surface area contributed by atoms with Crippen LogP contribution in [0.4, 0.5) is 0 Å². The molecule has 234 valence electrons. The first-order chi connectivity index (χ1) is 20.4. The van der Waals surface area contributed by atoms with Crippen LogP contribution in [-0.2, 0) is 20.6 Å². The maximum Gasteiger partial charge on any atom is 0.229 e. The van der Waals surface area contributed by atoms with Gasteiger partial charge in [0.25, 0.3) is 0 Å². The van der Waals surface area contributed by atoms with E-state index in [4.69, 9.17) is 23.7 Å². The van der Waals surface area contributed by atoms with E-state index in [-0.39, 0.29) is 30.1 Å². The highest BCUT2D eigenvalue weighted by molar-refractivity contribution is 6.02. The maximum absolute atomic E-state index is 13.0. The number of hydrogen-bond acceptors (Lipinski definition) is 12. The molecule has 0 aromatic heterocycles.